The van der Waals surface area contributed by atoms with E-state index < -0.39 is 5.54 Å². The first-order chi connectivity index (χ1) is 10.1. The number of halogens is 1. The molecule has 0 amide bonds. The van der Waals surface area contributed by atoms with Gasteiger partial charge in [0.15, 0.2) is 0 Å². The smallest absolute Gasteiger partial charge is 0.230 e. The maximum absolute atomic E-state index is 6.16. The zero-order valence-electron chi connectivity index (χ0n) is 12.3. The fraction of sp³-hybridized carbons (Fsp3) is 0.333. The van der Waals surface area contributed by atoms with Crippen LogP contribution in [0.5, 0.6) is 11.8 Å². The normalized spacial score (nSPS) is 13.3. The third-order valence-corrected chi connectivity index (χ3v) is 3.70. The van der Waals surface area contributed by atoms with Gasteiger partial charge in [-0.25, -0.2) is 0 Å². The highest BCUT2D eigenvalue weighted by Crippen LogP contribution is 2.27. The second-order valence-corrected chi connectivity index (χ2v) is 5.00. The molecule has 0 radical (unpaired) electrons. The molecule has 2 aromatic rings. The van der Waals surface area contributed by atoms with E-state index in [4.69, 9.17) is 21.1 Å². The molecule has 0 bridgehead atoms. The molecule has 112 valence electrons. The summed E-state index contributed by atoms with van der Waals surface area (Å²) in [5.41, 5.74) is 0.547. The SMILES string of the molecule is COc1cc(OC)nc(NC(C)(CCl)c2ccccc2)n1. The molecule has 5 nitrogen and oxygen atoms in total. The summed E-state index contributed by atoms with van der Waals surface area (Å²) in [6, 6.07) is 11.5. The Kier molecular flexibility index (Phi) is 4.85. The maximum Gasteiger partial charge on any atom is 0.230 e. The van der Waals surface area contributed by atoms with Crippen molar-refractivity contribution in [3.63, 3.8) is 0 Å². The summed E-state index contributed by atoms with van der Waals surface area (Å²) in [7, 11) is 3.09. The molecule has 1 aromatic heterocycles. The van der Waals surface area contributed by atoms with Gasteiger partial charge in [0.05, 0.1) is 25.8 Å². The van der Waals surface area contributed by atoms with E-state index in [-0.39, 0.29) is 0 Å². The molecule has 0 saturated carbocycles. The Morgan fingerprint density at radius 3 is 2.14 bits per heavy atom. The molecule has 6 heteroatoms. The lowest BCUT2D eigenvalue weighted by molar-refractivity contribution is 0.372. The second-order valence-electron chi connectivity index (χ2n) is 4.73. The first-order valence-corrected chi connectivity index (χ1v) is 7.01. The van der Waals surface area contributed by atoms with Crippen LogP contribution in [0.25, 0.3) is 0 Å². The number of nitrogens with zero attached hydrogens (tertiary/aromatic N) is 2. The molecule has 2 rings (SSSR count). The third kappa shape index (κ3) is 3.55. The Hall–Kier alpha value is -2.01. The molecule has 0 aliphatic rings. The van der Waals surface area contributed by atoms with Gasteiger partial charge in [-0.2, -0.15) is 9.97 Å². The van der Waals surface area contributed by atoms with Crippen LogP contribution in [0, 0.1) is 0 Å². The summed E-state index contributed by atoms with van der Waals surface area (Å²) in [6.45, 7) is 1.99. The highest BCUT2D eigenvalue weighted by molar-refractivity contribution is 6.18. The van der Waals surface area contributed by atoms with Crippen LogP contribution in [0.15, 0.2) is 36.4 Å². The van der Waals surface area contributed by atoms with Gasteiger partial charge in [0, 0.05) is 5.88 Å². The molecule has 1 aromatic carbocycles. The molecule has 1 N–H and O–H groups in total. The van der Waals surface area contributed by atoms with E-state index in [1.165, 1.54) is 0 Å². The van der Waals surface area contributed by atoms with Gasteiger partial charge in [0.1, 0.15) is 0 Å². The van der Waals surface area contributed by atoms with E-state index in [1.54, 1.807) is 20.3 Å². The average molecular weight is 308 g/mol. The molecule has 0 saturated heterocycles. The van der Waals surface area contributed by atoms with Crippen molar-refractivity contribution in [1.82, 2.24) is 9.97 Å². The molecule has 0 spiro atoms. The summed E-state index contributed by atoms with van der Waals surface area (Å²) >= 11 is 6.16. The number of hydrogen-bond acceptors (Lipinski definition) is 5. The van der Waals surface area contributed by atoms with E-state index in [0.29, 0.717) is 23.6 Å². The fourth-order valence-corrected chi connectivity index (χ4v) is 2.13. The van der Waals surface area contributed by atoms with Crippen molar-refractivity contribution in [2.45, 2.75) is 12.5 Å². The molecule has 0 aliphatic carbocycles. The quantitative estimate of drug-likeness (QED) is 0.831. The zero-order valence-corrected chi connectivity index (χ0v) is 13.0. The number of nitrogens with one attached hydrogen (secondary N) is 1. The average Bonchev–Trinajstić information content (AvgIpc) is 2.55. The lowest BCUT2D eigenvalue weighted by Gasteiger charge is -2.29. The highest BCUT2D eigenvalue weighted by atomic mass is 35.5. The van der Waals surface area contributed by atoms with Crippen LogP contribution in [0.2, 0.25) is 0 Å². The number of alkyl halides is 1. The van der Waals surface area contributed by atoms with Crippen molar-refractivity contribution < 1.29 is 9.47 Å². The highest BCUT2D eigenvalue weighted by Gasteiger charge is 2.26. The van der Waals surface area contributed by atoms with Gasteiger partial charge >= 0.3 is 0 Å². The van der Waals surface area contributed by atoms with E-state index in [9.17, 15) is 0 Å². The van der Waals surface area contributed by atoms with Gasteiger partial charge < -0.3 is 14.8 Å². The Morgan fingerprint density at radius 2 is 1.67 bits per heavy atom. The molecule has 1 atom stereocenters. The van der Waals surface area contributed by atoms with Gasteiger partial charge in [0.2, 0.25) is 17.7 Å². The lowest BCUT2D eigenvalue weighted by Crippen LogP contribution is -2.34. The number of benzene rings is 1. The van der Waals surface area contributed by atoms with Gasteiger partial charge in [-0.15, -0.1) is 11.6 Å². The molecule has 21 heavy (non-hydrogen) atoms. The Balaban J connectivity index is 2.34. The molecular formula is C15H18ClN3O2. The van der Waals surface area contributed by atoms with Gasteiger partial charge in [0.25, 0.3) is 0 Å². The van der Waals surface area contributed by atoms with Crippen molar-refractivity contribution in [3.8, 4) is 11.8 Å². The van der Waals surface area contributed by atoms with E-state index in [2.05, 4.69) is 15.3 Å². The fourth-order valence-electron chi connectivity index (χ4n) is 1.90. The Labute approximate surface area is 129 Å². The molecule has 1 unspecified atom stereocenters. The predicted molar refractivity (Wildman–Crippen MR) is 83.3 cm³/mol. The standard InChI is InChI=1S/C15H18ClN3O2/c1-15(10-16,11-7-5-4-6-8-11)19-14-17-12(20-2)9-13(18-14)21-3/h4-9H,10H2,1-3H3,(H,17,18,19). The minimum Gasteiger partial charge on any atom is -0.481 e. The zero-order chi connectivity index (χ0) is 15.3. The number of hydrogen-bond donors (Lipinski definition) is 1. The minimum absolute atomic E-state index is 0.361. The first kappa shape index (κ1) is 15.4. The molecule has 0 aliphatic heterocycles. The number of ether oxygens (including phenoxy) is 2. The first-order valence-electron chi connectivity index (χ1n) is 6.48. The van der Waals surface area contributed by atoms with E-state index >= 15 is 0 Å². The molecular weight excluding hydrogens is 290 g/mol. The number of rotatable bonds is 6. The Bertz CT molecular complexity index is 572. The summed E-state index contributed by atoms with van der Waals surface area (Å²) in [6.07, 6.45) is 0. The van der Waals surface area contributed by atoms with Crippen molar-refractivity contribution in [3.05, 3.63) is 42.0 Å². The Morgan fingerprint density at radius 1 is 1.10 bits per heavy atom. The number of aromatic nitrogens is 2. The van der Waals surface area contributed by atoms with Gasteiger partial charge in [-0.1, -0.05) is 30.3 Å². The van der Waals surface area contributed by atoms with Crippen molar-refractivity contribution in [2.75, 3.05) is 25.4 Å². The monoisotopic (exact) mass is 307 g/mol. The number of anilines is 1. The van der Waals surface area contributed by atoms with Crippen LogP contribution in [0.1, 0.15) is 12.5 Å². The van der Waals surface area contributed by atoms with E-state index in [1.807, 2.05) is 37.3 Å². The minimum atomic E-state index is -0.500. The second kappa shape index (κ2) is 6.63. The van der Waals surface area contributed by atoms with Crippen LogP contribution < -0.4 is 14.8 Å². The van der Waals surface area contributed by atoms with Crippen LogP contribution >= 0.6 is 11.6 Å². The van der Waals surface area contributed by atoms with Gasteiger partial charge in [-0.05, 0) is 12.5 Å². The maximum atomic E-state index is 6.16. The summed E-state index contributed by atoms with van der Waals surface area (Å²) in [5, 5.41) is 3.26. The van der Waals surface area contributed by atoms with Crippen LogP contribution in [-0.2, 0) is 5.54 Å². The van der Waals surface area contributed by atoms with E-state index in [0.717, 1.165) is 5.56 Å². The van der Waals surface area contributed by atoms with Crippen molar-refractivity contribution in [2.24, 2.45) is 0 Å². The van der Waals surface area contributed by atoms with Crippen molar-refractivity contribution in [1.29, 1.82) is 0 Å². The van der Waals surface area contributed by atoms with Crippen LogP contribution in [0.3, 0.4) is 0 Å². The van der Waals surface area contributed by atoms with Crippen LogP contribution in [0.4, 0.5) is 5.95 Å². The third-order valence-electron chi connectivity index (χ3n) is 3.16. The summed E-state index contributed by atoms with van der Waals surface area (Å²) < 4.78 is 10.3. The molecule has 1 heterocycles. The van der Waals surface area contributed by atoms with Crippen molar-refractivity contribution >= 4 is 17.5 Å². The predicted octanol–water partition coefficient (Wildman–Crippen LogP) is 3.06. The summed E-state index contributed by atoms with van der Waals surface area (Å²) in [4.78, 5) is 8.55. The number of methoxy groups -OCH3 is 2. The largest absolute Gasteiger partial charge is 0.481 e. The van der Waals surface area contributed by atoms with Gasteiger partial charge in [-0.3, -0.25) is 0 Å². The topological polar surface area (TPSA) is 56.3 Å². The van der Waals surface area contributed by atoms with Crippen LogP contribution in [-0.4, -0.2) is 30.1 Å². The molecule has 0 fully saturated rings. The lowest BCUT2D eigenvalue weighted by atomic mass is 9.94. The summed E-state index contributed by atoms with van der Waals surface area (Å²) in [5.74, 6) is 1.61.